The first-order valence-electron chi connectivity index (χ1n) is 11.8. The fourth-order valence-corrected chi connectivity index (χ4v) is 6.35. The number of hydrogen-bond donors (Lipinski definition) is 2. The highest BCUT2D eigenvalue weighted by Crippen LogP contribution is 2.35. The molecule has 0 atom stereocenters. The molecule has 0 aromatic heterocycles. The van der Waals surface area contributed by atoms with Crippen molar-refractivity contribution in [3.63, 3.8) is 0 Å². The molecule has 1 aliphatic rings. The van der Waals surface area contributed by atoms with E-state index in [1.54, 1.807) is 24.3 Å². The Balaban J connectivity index is 1.43. The Hall–Kier alpha value is -4.14. The number of sulfonamides is 1. The van der Waals surface area contributed by atoms with Crippen molar-refractivity contribution < 1.29 is 23.1 Å². The quantitative estimate of drug-likeness (QED) is 0.308. The van der Waals surface area contributed by atoms with Gasteiger partial charge in [0.2, 0.25) is 0 Å². The van der Waals surface area contributed by atoms with E-state index in [-0.39, 0.29) is 28.3 Å². The summed E-state index contributed by atoms with van der Waals surface area (Å²) in [6.07, 6.45) is 0.533. The van der Waals surface area contributed by atoms with Crippen LogP contribution in [0.15, 0.2) is 89.8 Å². The Morgan fingerprint density at radius 2 is 1.74 bits per heavy atom. The first-order valence-corrected chi connectivity index (χ1v) is 13.6. The fourth-order valence-electron chi connectivity index (χ4n) is 4.60. The minimum Gasteiger partial charge on any atom is -0.478 e. The molecule has 5 rings (SSSR count). The molecule has 4 aromatic rings. The minimum absolute atomic E-state index is 0.0405. The van der Waals surface area contributed by atoms with Crippen molar-refractivity contribution >= 4 is 44.9 Å². The number of carbonyl (C=O) groups excluding carboxylic acids is 1. The molecule has 0 bridgehead atoms. The standard InChI is InChI=1S/C29H23ClN2O5S/c1-18-5-2-3-8-24(18)19-9-11-26(25(17-19)29(34)35)31-28(33)21-6-4-7-23(16-21)38(36,37)32-14-13-20-15-22(30)10-12-27(20)32/h2-12,15-17H,13-14H2,1H3,(H,31,33)(H,34,35). The lowest BCUT2D eigenvalue weighted by molar-refractivity contribution is 0.0698. The highest BCUT2D eigenvalue weighted by atomic mass is 35.5. The molecule has 38 heavy (non-hydrogen) atoms. The third-order valence-electron chi connectivity index (χ3n) is 6.53. The van der Waals surface area contributed by atoms with Gasteiger partial charge in [-0.1, -0.05) is 48.0 Å². The summed E-state index contributed by atoms with van der Waals surface area (Å²) >= 11 is 6.05. The predicted molar refractivity (Wildman–Crippen MR) is 148 cm³/mol. The lowest BCUT2D eigenvalue weighted by Gasteiger charge is -2.20. The van der Waals surface area contributed by atoms with Gasteiger partial charge in [0.25, 0.3) is 15.9 Å². The van der Waals surface area contributed by atoms with Crippen LogP contribution in [0.2, 0.25) is 5.02 Å². The van der Waals surface area contributed by atoms with Crippen molar-refractivity contribution in [2.45, 2.75) is 18.2 Å². The van der Waals surface area contributed by atoms with Crippen LogP contribution in [0, 0.1) is 6.92 Å². The Bertz CT molecular complexity index is 1700. The van der Waals surface area contributed by atoms with Crippen LogP contribution in [0.1, 0.15) is 31.8 Å². The highest BCUT2D eigenvalue weighted by molar-refractivity contribution is 7.92. The highest BCUT2D eigenvalue weighted by Gasteiger charge is 2.31. The number of anilines is 2. The zero-order chi connectivity index (χ0) is 27.0. The van der Waals surface area contributed by atoms with Gasteiger partial charge in [-0.3, -0.25) is 9.10 Å². The first-order chi connectivity index (χ1) is 18.1. The number of benzene rings is 4. The zero-order valence-electron chi connectivity index (χ0n) is 20.3. The second-order valence-electron chi connectivity index (χ2n) is 8.96. The van der Waals surface area contributed by atoms with Crippen LogP contribution < -0.4 is 9.62 Å². The van der Waals surface area contributed by atoms with Crippen molar-refractivity contribution in [2.24, 2.45) is 0 Å². The lowest BCUT2D eigenvalue weighted by atomic mass is 9.98. The molecule has 0 spiro atoms. The molecule has 0 saturated carbocycles. The van der Waals surface area contributed by atoms with Crippen molar-refractivity contribution in [3.05, 3.63) is 112 Å². The van der Waals surface area contributed by atoms with Gasteiger partial charge in [-0.05, 0) is 84.1 Å². The topological polar surface area (TPSA) is 104 Å². The maximum atomic E-state index is 13.4. The molecule has 7 nitrogen and oxygen atoms in total. The van der Waals surface area contributed by atoms with E-state index in [4.69, 9.17) is 11.6 Å². The number of nitrogens with one attached hydrogen (secondary N) is 1. The third-order valence-corrected chi connectivity index (χ3v) is 8.58. The van der Waals surface area contributed by atoms with Crippen LogP contribution >= 0.6 is 11.6 Å². The summed E-state index contributed by atoms with van der Waals surface area (Å²) in [6.45, 7) is 2.20. The number of fused-ring (bicyclic) bond motifs is 1. The molecule has 0 saturated heterocycles. The molecule has 1 amide bonds. The predicted octanol–water partition coefficient (Wildman–Crippen LogP) is 6.02. The Morgan fingerprint density at radius 1 is 0.947 bits per heavy atom. The van der Waals surface area contributed by atoms with Crippen LogP contribution in [0.3, 0.4) is 0 Å². The van der Waals surface area contributed by atoms with Crippen LogP contribution in [0.4, 0.5) is 11.4 Å². The minimum atomic E-state index is -3.94. The SMILES string of the molecule is Cc1ccccc1-c1ccc(NC(=O)c2cccc(S(=O)(=O)N3CCc4cc(Cl)ccc43)c2)c(C(=O)O)c1. The molecular formula is C29H23ClN2O5S. The second kappa shape index (κ2) is 9.96. The number of carbonyl (C=O) groups is 2. The Morgan fingerprint density at radius 3 is 2.50 bits per heavy atom. The molecule has 0 radical (unpaired) electrons. The van der Waals surface area contributed by atoms with Gasteiger partial charge in [-0.25, -0.2) is 13.2 Å². The molecule has 0 aliphatic carbocycles. The van der Waals surface area contributed by atoms with E-state index < -0.39 is 21.9 Å². The van der Waals surface area contributed by atoms with Gasteiger partial charge in [0, 0.05) is 17.1 Å². The average molecular weight is 547 g/mol. The Labute approximate surface area is 225 Å². The summed E-state index contributed by atoms with van der Waals surface area (Å²) in [4.78, 5) is 25.1. The molecule has 2 N–H and O–H groups in total. The van der Waals surface area contributed by atoms with Crippen LogP contribution in [-0.2, 0) is 16.4 Å². The normalized spacial score (nSPS) is 12.7. The third kappa shape index (κ3) is 4.76. The monoisotopic (exact) mass is 546 g/mol. The molecular weight excluding hydrogens is 524 g/mol. The van der Waals surface area contributed by atoms with E-state index in [1.807, 2.05) is 31.2 Å². The average Bonchev–Trinajstić information content (AvgIpc) is 3.33. The lowest BCUT2D eigenvalue weighted by Crippen LogP contribution is -2.29. The maximum absolute atomic E-state index is 13.4. The van der Waals surface area contributed by atoms with Gasteiger partial charge in [-0.15, -0.1) is 0 Å². The van der Waals surface area contributed by atoms with Gasteiger partial charge in [0.1, 0.15) is 0 Å². The molecule has 1 heterocycles. The molecule has 1 aliphatic heterocycles. The number of amides is 1. The summed E-state index contributed by atoms with van der Waals surface area (Å²) < 4.78 is 28.2. The summed E-state index contributed by atoms with van der Waals surface area (Å²) in [5.41, 5.74) is 4.10. The van der Waals surface area contributed by atoms with E-state index in [2.05, 4.69) is 5.32 Å². The van der Waals surface area contributed by atoms with E-state index in [0.717, 1.165) is 16.7 Å². The van der Waals surface area contributed by atoms with Gasteiger partial charge >= 0.3 is 5.97 Å². The summed E-state index contributed by atoms with van der Waals surface area (Å²) in [6, 6.07) is 23.1. The van der Waals surface area contributed by atoms with Crippen molar-refractivity contribution in [1.29, 1.82) is 0 Å². The molecule has 192 valence electrons. The first kappa shape index (κ1) is 25.5. The Kier molecular flexibility index (Phi) is 6.69. The molecule has 9 heteroatoms. The van der Waals surface area contributed by atoms with E-state index in [1.165, 1.54) is 40.7 Å². The van der Waals surface area contributed by atoms with Crippen LogP contribution in [0.25, 0.3) is 11.1 Å². The van der Waals surface area contributed by atoms with Crippen LogP contribution in [0.5, 0.6) is 0 Å². The number of aromatic carboxylic acids is 1. The summed E-state index contributed by atoms with van der Waals surface area (Å²) in [5, 5.41) is 13.0. The van der Waals surface area contributed by atoms with Crippen molar-refractivity contribution in [3.8, 4) is 11.1 Å². The largest absolute Gasteiger partial charge is 0.478 e. The number of nitrogens with zero attached hydrogens (tertiary/aromatic N) is 1. The van der Waals surface area contributed by atoms with Gasteiger partial charge < -0.3 is 10.4 Å². The zero-order valence-corrected chi connectivity index (χ0v) is 21.9. The number of carboxylic acids is 1. The molecule has 0 fully saturated rings. The number of hydrogen-bond acceptors (Lipinski definition) is 4. The summed E-state index contributed by atoms with van der Waals surface area (Å²) in [7, 11) is -3.94. The molecule has 0 unspecified atom stereocenters. The maximum Gasteiger partial charge on any atom is 0.337 e. The number of aryl methyl sites for hydroxylation is 1. The van der Waals surface area contributed by atoms with E-state index >= 15 is 0 Å². The smallest absolute Gasteiger partial charge is 0.337 e. The summed E-state index contributed by atoms with van der Waals surface area (Å²) in [5.74, 6) is -1.82. The number of carboxylic acid groups (broad SMARTS) is 1. The second-order valence-corrected chi connectivity index (χ2v) is 11.3. The van der Waals surface area contributed by atoms with Gasteiger partial charge in [0.15, 0.2) is 0 Å². The number of rotatable bonds is 6. The van der Waals surface area contributed by atoms with Gasteiger partial charge in [-0.2, -0.15) is 0 Å². The van der Waals surface area contributed by atoms with Crippen molar-refractivity contribution in [1.82, 2.24) is 0 Å². The molecule has 4 aromatic carbocycles. The van der Waals surface area contributed by atoms with E-state index in [9.17, 15) is 23.1 Å². The van der Waals surface area contributed by atoms with Crippen LogP contribution in [-0.4, -0.2) is 31.9 Å². The van der Waals surface area contributed by atoms with E-state index in [0.29, 0.717) is 22.7 Å². The van der Waals surface area contributed by atoms with Crippen molar-refractivity contribution in [2.75, 3.05) is 16.2 Å². The number of halogens is 1. The van der Waals surface area contributed by atoms with Gasteiger partial charge in [0.05, 0.1) is 21.8 Å². The fraction of sp³-hybridized carbons (Fsp3) is 0.103.